The second-order valence-corrected chi connectivity index (χ2v) is 4.24. The Hall–Kier alpha value is -1.97. The lowest BCUT2D eigenvalue weighted by atomic mass is 9.96. The third-order valence-electron chi connectivity index (χ3n) is 2.88. The van der Waals surface area contributed by atoms with Gasteiger partial charge in [-0.25, -0.2) is 9.82 Å². The van der Waals surface area contributed by atoms with E-state index in [1.807, 2.05) is 0 Å². The van der Waals surface area contributed by atoms with Crippen LogP contribution in [0.1, 0.15) is 29.6 Å². The Labute approximate surface area is 105 Å². The van der Waals surface area contributed by atoms with E-state index >= 15 is 0 Å². The number of carbonyl (C=O) groups excluding carboxylic acids is 1. The molecule has 0 bridgehead atoms. The molecule has 94 valence electrons. The van der Waals surface area contributed by atoms with Gasteiger partial charge in [-0.15, -0.1) is 0 Å². The fourth-order valence-corrected chi connectivity index (χ4v) is 1.86. The average molecular weight is 246 g/mol. The van der Waals surface area contributed by atoms with Gasteiger partial charge in [0, 0.05) is 6.21 Å². The summed E-state index contributed by atoms with van der Waals surface area (Å²) in [5.74, 6) is -0.697. The van der Waals surface area contributed by atoms with Crippen molar-refractivity contribution in [3.63, 3.8) is 0 Å². The monoisotopic (exact) mass is 246 g/mol. The topological polar surface area (TPSA) is 41.5 Å². The van der Waals surface area contributed by atoms with Crippen molar-refractivity contribution in [3.8, 4) is 0 Å². The van der Waals surface area contributed by atoms with Gasteiger partial charge in [0.05, 0.1) is 5.56 Å². The van der Waals surface area contributed by atoms with Gasteiger partial charge in [0.15, 0.2) is 0 Å². The molecule has 3 nitrogen and oxygen atoms in total. The first-order valence-electron chi connectivity index (χ1n) is 6.00. The SMILES string of the molecule is O=C(N/N=C/C1CC=CCC1)c1ccccc1F. The molecule has 0 saturated carbocycles. The molecule has 0 heterocycles. The van der Waals surface area contributed by atoms with Crippen molar-refractivity contribution < 1.29 is 9.18 Å². The summed E-state index contributed by atoms with van der Waals surface area (Å²) in [4.78, 5) is 11.6. The van der Waals surface area contributed by atoms with E-state index in [0.29, 0.717) is 5.92 Å². The van der Waals surface area contributed by atoms with Crippen molar-refractivity contribution in [2.45, 2.75) is 19.3 Å². The van der Waals surface area contributed by atoms with Gasteiger partial charge >= 0.3 is 0 Å². The Kier molecular flexibility index (Phi) is 4.23. The molecule has 0 saturated heterocycles. The van der Waals surface area contributed by atoms with E-state index in [1.165, 1.54) is 12.1 Å². The zero-order valence-corrected chi connectivity index (χ0v) is 9.97. The fraction of sp³-hybridized carbons (Fsp3) is 0.286. The molecule has 1 atom stereocenters. The van der Waals surface area contributed by atoms with E-state index in [2.05, 4.69) is 22.7 Å². The van der Waals surface area contributed by atoms with Crippen molar-refractivity contribution in [2.75, 3.05) is 0 Å². The van der Waals surface area contributed by atoms with E-state index in [1.54, 1.807) is 18.3 Å². The first-order valence-corrected chi connectivity index (χ1v) is 6.00. The zero-order valence-electron chi connectivity index (χ0n) is 9.97. The Morgan fingerprint density at radius 1 is 1.39 bits per heavy atom. The van der Waals surface area contributed by atoms with Crippen molar-refractivity contribution >= 4 is 12.1 Å². The minimum Gasteiger partial charge on any atom is -0.267 e. The van der Waals surface area contributed by atoms with Crippen molar-refractivity contribution in [2.24, 2.45) is 11.0 Å². The molecule has 0 radical (unpaired) electrons. The highest BCUT2D eigenvalue weighted by atomic mass is 19.1. The molecule has 1 unspecified atom stereocenters. The Morgan fingerprint density at radius 2 is 2.22 bits per heavy atom. The first kappa shape index (κ1) is 12.5. The van der Waals surface area contributed by atoms with E-state index in [0.717, 1.165) is 19.3 Å². The highest BCUT2D eigenvalue weighted by molar-refractivity contribution is 5.94. The molecule has 1 N–H and O–H groups in total. The van der Waals surface area contributed by atoms with Gasteiger partial charge in [0.1, 0.15) is 5.82 Å². The number of allylic oxidation sites excluding steroid dienone is 2. The Balaban J connectivity index is 1.90. The molecule has 0 fully saturated rings. The first-order chi connectivity index (χ1) is 8.77. The van der Waals surface area contributed by atoms with Crippen molar-refractivity contribution in [1.29, 1.82) is 0 Å². The average Bonchev–Trinajstić information content (AvgIpc) is 2.40. The molecule has 1 aliphatic rings. The Bertz CT molecular complexity index is 482. The standard InChI is InChI=1S/C14H15FN2O/c15-13-9-5-4-8-12(13)14(18)17-16-10-11-6-2-1-3-7-11/h1-2,4-5,8-11H,3,6-7H2,(H,17,18)/b16-10+. The summed E-state index contributed by atoms with van der Waals surface area (Å²) in [5, 5.41) is 3.89. The number of nitrogens with one attached hydrogen (secondary N) is 1. The smallest absolute Gasteiger partial charge is 0.267 e. The number of hydrazone groups is 1. The van der Waals surface area contributed by atoms with E-state index in [9.17, 15) is 9.18 Å². The number of hydrogen-bond acceptors (Lipinski definition) is 2. The summed E-state index contributed by atoms with van der Waals surface area (Å²) in [6.45, 7) is 0. The summed E-state index contributed by atoms with van der Waals surface area (Å²) >= 11 is 0. The second-order valence-electron chi connectivity index (χ2n) is 4.24. The predicted molar refractivity (Wildman–Crippen MR) is 68.8 cm³/mol. The van der Waals surface area contributed by atoms with Gasteiger partial charge in [-0.2, -0.15) is 5.10 Å². The number of hydrogen-bond donors (Lipinski definition) is 1. The molecular weight excluding hydrogens is 231 g/mol. The van der Waals surface area contributed by atoms with Crippen LogP contribution in [0.4, 0.5) is 4.39 Å². The molecule has 1 aromatic carbocycles. The molecule has 0 aromatic heterocycles. The molecule has 1 aromatic rings. The number of benzene rings is 1. The van der Waals surface area contributed by atoms with Gasteiger partial charge in [-0.3, -0.25) is 4.79 Å². The van der Waals surface area contributed by atoms with Crippen LogP contribution in [0, 0.1) is 11.7 Å². The lowest BCUT2D eigenvalue weighted by Crippen LogP contribution is -2.20. The third-order valence-corrected chi connectivity index (χ3v) is 2.88. The van der Waals surface area contributed by atoms with E-state index in [4.69, 9.17) is 0 Å². The summed E-state index contributed by atoms with van der Waals surface area (Å²) < 4.78 is 13.3. The van der Waals surface area contributed by atoms with Crippen molar-refractivity contribution in [3.05, 3.63) is 47.8 Å². The number of rotatable bonds is 3. The molecule has 0 spiro atoms. The molecule has 1 aliphatic carbocycles. The lowest BCUT2D eigenvalue weighted by molar-refractivity contribution is 0.0951. The highest BCUT2D eigenvalue weighted by Gasteiger charge is 2.10. The zero-order chi connectivity index (χ0) is 12.8. The normalized spacial score (nSPS) is 19.1. The number of halogens is 1. The van der Waals surface area contributed by atoms with Crippen LogP contribution in [0.15, 0.2) is 41.5 Å². The highest BCUT2D eigenvalue weighted by Crippen LogP contribution is 2.15. The number of nitrogens with zero attached hydrogens (tertiary/aromatic N) is 1. The minimum absolute atomic E-state index is 0.0122. The molecule has 4 heteroatoms. The maximum Gasteiger partial charge on any atom is 0.274 e. The lowest BCUT2D eigenvalue weighted by Gasteiger charge is -2.11. The number of carbonyl (C=O) groups is 1. The largest absolute Gasteiger partial charge is 0.274 e. The van der Waals surface area contributed by atoms with Crippen LogP contribution >= 0.6 is 0 Å². The van der Waals surface area contributed by atoms with Crippen LogP contribution < -0.4 is 5.43 Å². The van der Waals surface area contributed by atoms with E-state index < -0.39 is 11.7 Å². The van der Waals surface area contributed by atoms with Gasteiger partial charge in [0.25, 0.3) is 5.91 Å². The molecule has 2 rings (SSSR count). The summed E-state index contributed by atoms with van der Waals surface area (Å²) in [6.07, 6.45) is 9.00. The van der Waals surface area contributed by atoms with E-state index in [-0.39, 0.29) is 5.56 Å². The van der Waals surface area contributed by atoms with Gasteiger partial charge < -0.3 is 0 Å². The van der Waals surface area contributed by atoms with Crippen LogP contribution in [0.25, 0.3) is 0 Å². The molecule has 0 aliphatic heterocycles. The summed E-state index contributed by atoms with van der Waals surface area (Å²) in [5.41, 5.74) is 2.37. The molecular formula is C14H15FN2O. The van der Waals surface area contributed by atoms with Crippen molar-refractivity contribution in [1.82, 2.24) is 5.43 Å². The number of amides is 1. The summed E-state index contributed by atoms with van der Waals surface area (Å²) in [6, 6.07) is 5.85. The minimum atomic E-state index is -0.536. The molecule has 1 amide bonds. The summed E-state index contributed by atoms with van der Waals surface area (Å²) in [7, 11) is 0. The fourth-order valence-electron chi connectivity index (χ4n) is 1.86. The Morgan fingerprint density at radius 3 is 2.94 bits per heavy atom. The molecule has 18 heavy (non-hydrogen) atoms. The maximum absolute atomic E-state index is 13.3. The van der Waals surface area contributed by atoms with Gasteiger partial charge in [-0.1, -0.05) is 24.3 Å². The quantitative estimate of drug-likeness (QED) is 0.497. The van der Waals surface area contributed by atoms with Crippen LogP contribution in [-0.2, 0) is 0 Å². The van der Waals surface area contributed by atoms with Gasteiger partial charge in [0.2, 0.25) is 0 Å². The maximum atomic E-state index is 13.3. The van der Waals surface area contributed by atoms with Crippen LogP contribution in [0.3, 0.4) is 0 Å². The van der Waals surface area contributed by atoms with Crippen LogP contribution in [0.2, 0.25) is 0 Å². The predicted octanol–water partition coefficient (Wildman–Crippen LogP) is 2.90. The van der Waals surface area contributed by atoms with Crippen LogP contribution in [-0.4, -0.2) is 12.1 Å². The van der Waals surface area contributed by atoms with Crippen LogP contribution in [0.5, 0.6) is 0 Å². The van der Waals surface area contributed by atoms with Gasteiger partial charge in [-0.05, 0) is 37.3 Å². The second kappa shape index (κ2) is 6.10. The third kappa shape index (κ3) is 3.26.